The first-order valence-corrected chi connectivity index (χ1v) is 10.1. The van der Waals surface area contributed by atoms with Crippen LogP contribution in [0.1, 0.15) is 56.6 Å². The Morgan fingerprint density at radius 2 is 1.75 bits per heavy atom. The lowest BCUT2D eigenvalue weighted by Crippen LogP contribution is -2.30. The summed E-state index contributed by atoms with van der Waals surface area (Å²) in [6.07, 6.45) is 11.0. The molecule has 0 amide bonds. The van der Waals surface area contributed by atoms with E-state index in [0.717, 1.165) is 54.5 Å². The third-order valence-corrected chi connectivity index (χ3v) is 7.79. The van der Waals surface area contributed by atoms with Gasteiger partial charge in [-0.25, -0.2) is 0 Å². The number of allylic oxidation sites excluding steroid dienone is 2. The molecule has 5 unspecified atom stereocenters. The minimum absolute atomic E-state index is 0.359. The molecule has 128 valence electrons. The fourth-order valence-corrected chi connectivity index (χ4v) is 6.62. The molecule has 1 heteroatoms. The van der Waals surface area contributed by atoms with Crippen LogP contribution in [0, 0.1) is 35.5 Å². The zero-order valence-electron chi connectivity index (χ0n) is 15.0. The largest absolute Gasteiger partial charge is 0.374 e. The molecule has 0 N–H and O–H groups in total. The molecule has 0 saturated heterocycles. The first-order valence-electron chi connectivity index (χ1n) is 10.1. The number of benzene rings is 1. The molecule has 24 heavy (non-hydrogen) atoms. The second-order valence-corrected chi connectivity index (χ2v) is 8.88. The first-order chi connectivity index (χ1) is 11.7. The number of fused-ring (bicyclic) bond motifs is 9. The van der Waals surface area contributed by atoms with Crippen molar-refractivity contribution in [1.29, 1.82) is 0 Å². The molecule has 1 nitrogen and oxygen atoms in total. The van der Waals surface area contributed by atoms with Crippen LogP contribution in [0.25, 0.3) is 0 Å². The molecule has 0 heterocycles. The van der Waals surface area contributed by atoms with Gasteiger partial charge >= 0.3 is 0 Å². The predicted molar refractivity (Wildman–Crippen MR) is 97.7 cm³/mol. The summed E-state index contributed by atoms with van der Waals surface area (Å²) in [7, 11) is 0. The summed E-state index contributed by atoms with van der Waals surface area (Å²) < 4.78 is 5.87. The van der Waals surface area contributed by atoms with Crippen LogP contribution in [0.2, 0.25) is 0 Å². The highest BCUT2D eigenvalue weighted by Crippen LogP contribution is 2.68. The lowest BCUT2D eigenvalue weighted by molar-refractivity contribution is 0.0508. The summed E-state index contributed by atoms with van der Waals surface area (Å²) in [4.78, 5) is 0. The number of hydrogen-bond acceptors (Lipinski definition) is 1. The second kappa shape index (κ2) is 5.73. The highest BCUT2D eigenvalue weighted by molar-refractivity contribution is 5.30. The van der Waals surface area contributed by atoms with Crippen molar-refractivity contribution in [3.63, 3.8) is 0 Å². The van der Waals surface area contributed by atoms with E-state index in [0.29, 0.717) is 6.10 Å². The molecule has 1 aromatic rings. The van der Waals surface area contributed by atoms with Crippen LogP contribution in [-0.4, -0.2) is 6.10 Å². The molecule has 0 radical (unpaired) electrons. The summed E-state index contributed by atoms with van der Waals surface area (Å²) in [6, 6.07) is 9.42. The standard InChI is InChI=1S/C23H30O/c1-3-14(2)24-13-15-4-6-16(7-5-15)20-11-19-12-21(20)23-18-9-8-17(10-18)22(19)23/h4-9,14,17-23H,3,10-13H2,1-2H3/t14?,17?,18?,19-,20-,21-,22?,23?/m0/s1. The van der Waals surface area contributed by atoms with Crippen molar-refractivity contribution in [3.05, 3.63) is 47.5 Å². The van der Waals surface area contributed by atoms with Gasteiger partial charge in [0, 0.05) is 0 Å². The maximum absolute atomic E-state index is 5.87. The fourth-order valence-electron chi connectivity index (χ4n) is 6.62. The van der Waals surface area contributed by atoms with Crippen molar-refractivity contribution in [1.82, 2.24) is 0 Å². The minimum atomic E-state index is 0.359. The topological polar surface area (TPSA) is 9.23 Å². The van der Waals surface area contributed by atoms with Crippen molar-refractivity contribution in [2.45, 2.75) is 58.2 Å². The maximum atomic E-state index is 5.87. The average molecular weight is 322 g/mol. The summed E-state index contributed by atoms with van der Waals surface area (Å²) in [5, 5.41) is 0. The molecule has 3 saturated carbocycles. The predicted octanol–water partition coefficient (Wildman–Crippen LogP) is 5.56. The van der Waals surface area contributed by atoms with Gasteiger partial charge in [-0.15, -0.1) is 0 Å². The van der Waals surface area contributed by atoms with Gasteiger partial charge in [0.1, 0.15) is 0 Å². The highest BCUT2D eigenvalue weighted by atomic mass is 16.5. The zero-order valence-corrected chi connectivity index (χ0v) is 15.0. The molecule has 1 aromatic carbocycles. The van der Waals surface area contributed by atoms with Gasteiger partial charge in [0.2, 0.25) is 0 Å². The van der Waals surface area contributed by atoms with E-state index in [4.69, 9.17) is 4.74 Å². The zero-order chi connectivity index (χ0) is 16.3. The van der Waals surface area contributed by atoms with Gasteiger partial charge in [0.05, 0.1) is 12.7 Å². The summed E-state index contributed by atoms with van der Waals surface area (Å²) in [6.45, 7) is 5.09. The van der Waals surface area contributed by atoms with Crippen LogP contribution in [0.15, 0.2) is 36.4 Å². The molecular weight excluding hydrogens is 292 g/mol. The number of ether oxygens (including phenoxy) is 1. The molecular formula is C23H30O. The Labute approximate surface area is 146 Å². The summed E-state index contributed by atoms with van der Waals surface area (Å²) in [5.41, 5.74) is 2.92. The molecule has 4 aliphatic rings. The Hall–Kier alpha value is -1.08. The Bertz CT molecular complexity index is 630. The van der Waals surface area contributed by atoms with Crippen LogP contribution in [0.3, 0.4) is 0 Å². The lowest BCUT2D eigenvalue weighted by Gasteiger charge is -2.37. The molecule has 0 spiro atoms. The van der Waals surface area contributed by atoms with Crippen LogP contribution in [0.5, 0.6) is 0 Å². The Balaban J connectivity index is 1.29. The molecule has 4 aliphatic carbocycles. The maximum Gasteiger partial charge on any atom is 0.0720 e. The van der Waals surface area contributed by atoms with Gasteiger partial charge in [-0.1, -0.05) is 43.3 Å². The Kier molecular flexibility index (Phi) is 3.63. The quantitative estimate of drug-likeness (QED) is 0.509. The van der Waals surface area contributed by atoms with Crippen LogP contribution >= 0.6 is 0 Å². The molecule has 0 aliphatic heterocycles. The van der Waals surface area contributed by atoms with E-state index in [2.05, 4.69) is 50.3 Å². The fraction of sp³-hybridized carbons (Fsp3) is 0.652. The van der Waals surface area contributed by atoms with Crippen molar-refractivity contribution in [2.75, 3.05) is 0 Å². The van der Waals surface area contributed by atoms with Crippen molar-refractivity contribution in [3.8, 4) is 0 Å². The van der Waals surface area contributed by atoms with Gasteiger partial charge in [0.25, 0.3) is 0 Å². The van der Waals surface area contributed by atoms with Gasteiger partial charge in [0.15, 0.2) is 0 Å². The lowest BCUT2D eigenvalue weighted by atomic mass is 9.68. The van der Waals surface area contributed by atoms with Crippen LogP contribution in [0.4, 0.5) is 0 Å². The monoisotopic (exact) mass is 322 g/mol. The minimum Gasteiger partial charge on any atom is -0.374 e. The van der Waals surface area contributed by atoms with Gasteiger partial charge in [-0.3, -0.25) is 0 Å². The van der Waals surface area contributed by atoms with E-state index in [1.54, 1.807) is 5.56 Å². The SMILES string of the molecule is CCC(C)OCc1ccc([C@@H]2C[C@H]3C[C@@H]2C2C4C=CC(C4)C23)cc1. The molecule has 3 fully saturated rings. The van der Waals surface area contributed by atoms with Crippen LogP contribution < -0.4 is 0 Å². The van der Waals surface area contributed by atoms with Crippen molar-refractivity contribution < 1.29 is 4.74 Å². The second-order valence-electron chi connectivity index (χ2n) is 8.88. The highest BCUT2D eigenvalue weighted by Gasteiger charge is 2.60. The van der Waals surface area contributed by atoms with E-state index in [-0.39, 0.29) is 0 Å². The number of hydrogen-bond donors (Lipinski definition) is 0. The normalized spacial score (nSPS) is 42.7. The summed E-state index contributed by atoms with van der Waals surface area (Å²) >= 11 is 0. The van der Waals surface area contributed by atoms with Gasteiger partial charge in [-0.2, -0.15) is 0 Å². The van der Waals surface area contributed by atoms with Gasteiger partial charge in [-0.05, 0) is 85.2 Å². The molecule has 4 bridgehead atoms. The van der Waals surface area contributed by atoms with E-state index >= 15 is 0 Å². The third kappa shape index (κ3) is 2.24. The Morgan fingerprint density at radius 3 is 2.50 bits per heavy atom. The molecule has 8 atom stereocenters. The van der Waals surface area contributed by atoms with E-state index in [1.165, 1.54) is 24.8 Å². The van der Waals surface area contributed by atoms with Crippen LogP contribution in [-0.2, 0) is 11.3 Å². The average Bonchev–Trinajstić information content (AvgIpc) is 3.38. The van der Waals surface area contributed by atoms with E-state index in [9.17, 15) is 0 Å². The Morgan fingerprint density at radius 1 is 1.00 bits per heavy atom. The van der Waals surface area contributed by atoms with Crippen molar-refractivity contribution in [2.24, 2.45) is 35.5 Å². The molecule has 0 aromatic heterocycles. The van der Waals surface area contributed by atoms with E-state index in [1.807, 2.05) is 0 Å². The van der Waals surface area contributed by atoms with Gasteiger partial charge < -0.3 is 4.74 Å². The number of rotatable bonds is 5. The third-order valence-electron chi connectivity index (χ3n) is 7.79. The van der Waals surface area contributed by atoms with E-state index < -0.39 is 0 Å². The summed E-state index contributed by atoms with van der Waals surface area (Å²) in [5.74, 6) is 6.72. The smallest absolute Gasteiger partial charge is 0.0720 e. The first kappa shape index (κ1) is 15.2. The molecule has 5 rings (SSSR count). The van der Waals surface area contributed by atoms with Crippen molar-refractivity contribution >= 4 is 0 Å².